The maximum Gasteiger partial charge on any atom is 0.416 e. The molecule has 3 aromatic heterocycles. The third-order valence-corrected chi connectivity index (χ3v) is 6.62. The van der Waals surface area contributed by atoms with Gasteiger partial charge < -0.3 is 14.6 Å². The highest BCUT2D eigenvalue weighted by Crippen LogP contribution is 2.47. The van der Waals surface area contributed by atoms with E-state index in [9.17, 15) is 9.90 Å². The molecule has 1 aliphatic rings. The van der Waals surface area contributed by atoms with Gasteiger partial charge in [-0.25, -0.2) is 9.78 Å². The topological polar surface area (TPSA) is 123 Å². The van der Waals surface area contributed by atoms with E-state index in [2.05, 4.69) is 25.1 Å². The van der Waals surface area contributed by atoms with Crippen molar-refractivity contribution in [3.05, 3.63) is 51.5 Å². The third kappa shape index (κ3) is 7.20. The van der Waals surface area contributed by atoms with Crippen LogP contribution in [0.2, 0.25) is 0 Å². The standard InChI is InChI=1S/C26H34N6O4S/c1-15-28-21(32(24(33)36-25(3,4)5)13-23-31-30-16(2)37-23)11-22(29-15)35-14-17-10-19(17)20-9-8-18(12-27-20)26(6,7)34/h8-9,11-12,17,19,34H,10,13-14H2,1-7H3/t17-,19+/m1/s1. The van der Waals surface area contributed by atoms with Crippen molar-refractivity contribution >= 4 is 23.2 Å². The minimum atomic E-state index is -0.914. The lowest BCUT2D eigenvalue weighted by molar-refractivity contribution is 0.0576. The predicted molar refractivity (Wildman–Crippen MR) is 140 cm³/mol. The fourth-order valence-electron chi connectivity index (χ4n) is 3.80. The van der Waals surface area contributed by atoms with Crippen molar-refractivity contribution in [1.82, 2.24) is 25.1 Å². The summed E-state index contributed by atoms with van der Waals surface area (Å²) in [4.78, 5) is 28.0. The first-order chi connectivity index (χ1) is 17.3. The molecule has 0 bridgehead atoms. The third-order valence-electron chi connectivity index (χ3n) is 5.79. The van der Waals surface area contributed by atoms with Crippen LogP contribution < -0.4 is 9.64 Å². The number of carbonyl (C=O) groups excluding carboxylic acids is 1. The molecule has 1 aliphatic carbocycles. The first-order valence-corrected chi connectivity index (χ1v) is 13.1. The van der Waals surface area contributed by atoms with Crippen molar-refractivity contribution in [2.45, 2.75) is 78.6 Å². The summed E-state index contributed by atoms with van der Waals surface area (Å²) in [6, 6.07) is 5.54. The first kappa shape index (κ1) is 26.9. The Kier molecular flexibility index (Phi) is 7.48. The number of hydrogen-bond acceptors (Lipinski definition) is 10. The van der Waals surface area contributed by atoms with E-state index in [4.69, 9.17) is 9.47 Å². The van der Waals surface area contributed by atoms with Crippen molar-refractivity contribution in [2.75, 3.05) is 11.5 Å². The Balaban J connectivity index is 1.46. The van der Waals surface area contributed by atoms with E-state index < -0.39 is 17.3 Å². The van der Waals surface area contributed by atoms with Crippen LogP contribution in [0.15, 0.2) is 24.4 Å². The SMILES string of the molecule is Cc1nc(OC[C@H]2C[C@@H]2c2ccc(C(C)(C)O)cn2)cc(N(Cc2nnc(C)s2)C(=O)OC(C)(C)C)n1. The van der Waals surface area contributed by atoms with E-state index in [0.717, 1.165) is 22.7 Å². The molecule has 0 radical (unpaired) electrons. The lowest BCUT2D eigenvalue weighted by Crippen LogP contribution is -2.37. The van der Waals surface area contributed by atoms with Crippen molar-refractivity contribution < 1.29 is 19.4 Å². The van der Waals surface area contributed by atoms with Gasteiger partial charge in [-0.15, -0.1) is 10.2 Å². The second-order valence-electron chi connectivity index (χ2n) is 10.8. The molecule has 0 unspecified atom stereocenters. The maximum atomic E-state index is 13.1. The maximum absolute atomic E-state index is 13.1. The number of rotatable bonds is 8. The van der Waals surface area contributed by atoms with Crippen LogP contribution in [0.5, 0.6) is 5.88 Å². The van der Waals surface area contributed by atoms with Crippen LogP contribution in [0.1, 0.15) is 74.1 Å². The number of anilines is 1. The fraction of sp³-hybridized carbons (Fsp3) is 0.538. The average Bonchev–Trinajstić information content (AvgIpc) is 3.46. The normalized spacial score (nSPS) is 17.4. The number of carbonyl (C=O) groups is 1. The molecule has 2 atom stereocenters. The Bertz CT molecular complexity index is 1250. The molecular formula is C26H34N6O4S. The molecule has 3 heterocycles. The lowest BCUT2D eigenvalue weighted by atomic mass is 10.00. The van der Waals surface area contributed by atoms with E-state index in [1.165, 1.54) is 16.2 Å². The number of nitrogens with zero attached hydrogens (tertiary/aromatic N) is 6. The minimum Gasteiger partial charge on any atom is -0.477 e. The van der Waals surface area contributed by atoms with Crippen LogP contribution >= 0.6 is 11.3 Å². The highest BCUT2D eigenvalue weighted by molar-refractivity contribution is 7.11. The van der Waals surface area contributed by atoms with Crippen LogP contribution in [-0.4, -0.2) is 48.6 Å². The van der Waals surface area contributed by atoms with Crippen LogP contribution in [-0.2, 0) is 16.9 Å². The molecular weight excluding hydrogens is 492 g/mol. The molecule has 10 nitrogen and oxygen atoms in total. The number of aromatic nitrogens is 5. The fourth-order valence-corrected chi connectivity index (χ4v) is 4.50. The summed E-state index contributed by atoms with van der Waals surface area (Å²) in [5, 5.41) is 19.8. The van der Waals surface area contributed by atoms with E-state index in [0.29, 0.717) is 41.0 Å². The number of amides is 1. The van der Waals surface area contributed by atoms with Gasteiger partial charge in [-0.2, -0.15) is 4.98 Å². The van der Waals surface area contributed by atoms with Crippen LogP contribution in [0.4, 0.5) is 10.6 Å². The minimum absolute atomic E-state index is 0.174. The molecule has 4 rings (SSSR count). The van der Waals surface area contributed by atoms with Crippen molar-refractivity contribution in [2.24, 2.45) is 5.92 Å². The van der Waals surface area contributed by atoms with Gasteiger partial charge in [0.15, 0.2) is 0 Å². The van der Waals surface area contributed by atoms with Gasteiger partial charge in [0, 0.05) is 35.4 Å². The molecule has 0 aliphatic heterocycles. The smallest absolute Gasteiger partial charge is 0.416 e. The largest absolute Gasteiger partial charge is 0.477 e. The van der Waals surface area contributed by atoms with Crippen molar-refractivity contribution in [3.8, 4) is 5.88 Å². The summed E-state index contributed by atoms with van der Waals surface area (Å²) in [6.45, 7) is 13.2. The zero-order valence-electron chi connectivity index (χ0n) is 22.3. The van der Waals surface area contributed by atoms with Crippen LogP contribution in [0.3, 0.4) is 0 Å². The molecule has 0 aromatic carbocycles. The predicted octanol–water partition coefficient (Wildman–Crippen LogP) is 4.69. The Labute approximate surface area is 221 Å². The molecule has 1 saturated carbocycles. The average molecular weight is 527 g/mol. The van der Waals surface area contributed by atoms with E-state index in [-0.39, 0.29) is 6.54 Å². The second kappa shape index (κ2) is 10.3. The van der Waals surface area contributed by atoms with E-state index in [1.807, 2.05) is 39.8 Å². The van der Waals surface area contributed by atoms with Gasteiger partial charge in [0.1, 0.15) is 27.3 Å². The summed E-state index contributed by atoms with van der Waals surface area (Å²) in [6.07, 6.45) is 2.16. The Morgan fingerprint density at radius 2 is 1.92 bits per heavy atom. The number of aliphatic hydroxyl groups is 1. The summed E-state index contributed by atoms with van der Waals surface area (Å²) >= 11 is 1.41. The molecule has 11 heteroatoms. The first-order valence-electron chi connectivity index (χ1n) is 12.3. The van der Waals surface area contributed by atoms with Crippen LogP contribution in [0, 0.1) is 19.8 Å². The zero-order valence-corrected chi connectivity index (χ0v) is 23.2. The Hall–Kier alpha value is -3.18. The Morgan fingerprint density at radius 3 is 2.51 bits per heavy atom. The quantitative estimate of drug-likeness (QED) is 0.445. The molecule has 1 fully saturated rings. The summed E-state index contributed by atoms with van der Waals surface area (Å²) in [7, 11) is 0. The zero-order chi connectivity index (χ0) is 27.0. The number of aryl methyl sites for hydroxylation is 2. The monoisotopic (exact) mass is 526 g/mol. The van der Waals surface area contributed by atoms with Gasteiger partial charge in [-0.05, 0) is 61.0 Å². The van der Waals surface area contributed by atoms with Crippen LogP contribution in [0.25, 0.3) is 0 Å². The van der Waals surface area contributed by atoms with Gasteiger partial charge in [0.05, 0.1) is 18.8 Å². The highest BCUT2D eigenvalue weighted by Gasteiger charge is 2.40. The summed E-state index contributed by atoms with van der Waals surface area (Å²) < 4.78 is 11.7. The number of hydrogen-bond donors (Lipinski definition) is 1. The summed E-state index contributed by atoms with van der Waals surface area (Å²) in [5.74, 6) is 1.86. The number of pyridine rings is 1. The number of ether oxygens (including phenoxy) is 2. The molecule has 198 valence electrons. The van der Waals surface area contributed by atoms with E-state index in [1.54, 1.807) is 33.0 Å². The van der Waals surface area contributed by atoms with Gasteiger partial charge in [-0.1, -0.05) is 17.4 Å². The molecule has 0 spiro atoms. The van der Waals surface area contributed by atoms with Gasteiger partial charge >= 0.3 is 6.09 Å². The Morgan fingerprint density at radius 1 is 1.16 bits per heavy atom. The van der Waals surface area contributed by atoms with E-state index >= 15 is 0 Å². The van der Waals surface area contributed by atoms with Gasteiger partial charge in [-0.3, -0.25) is 9.88 Å². The summed E-state index contributed by atoms with van der Waals surface area (Å²) in [5.41, 5.74) is 0.187. The molecule has 0 saturated heterocycles. The lowest BCUT2D eigenvalue weighted by Gasteiger charge is -2.26. The molecule has 3 aromatic rings. The van der Waals surface area contributed by atoms with Crippen molar-refractivity contribution in [1.29, 1.82) is 0 Å². The molecule has 1 amide bonds. The van der Waals surface area contributed by atoms with Gasteiger partial charge in [0.2, 0.25) is 5.88 Å². The van der Waals surface area contributed by atoms with Crippen molar-refractivity contribution in [3.63, 3.8) is 0 Å². The van der Waals surface area contributed by atoms with Gasteiger partial charge in [0.25, 0.3) is 0 Å². The molecule has 1 N–H and O–H groups in total. The second-order valence-corrected chi connectivity index (χ2v) is 12.1. The highest BCUT2D eigenvalue weighted by atomic mass is 32.1. The molecule has 37 heavy (non-hydrogen) atoms.